The van der Waals surface area contributed by atoms with E-state index in [1.165, 1.54) is 7.11 Å². The Kier molecular flexibility index (Phi) is 3.32. The number of carbonyl (C=O) groups excluding carboxylic acids is 2. The SMILES string of the molecule is COC(=O)[C@]12C[C@@H]3C[C@H]1[C@H]2[C@@]3(NC(=O)OCc1ccccc1)C(=O)O. The molecule has 0 unspecified atom stereocenters. The third-order valence-corrected chi connectivity index (χ3v) is 6.21. The Morgan fingerprint density at radius 2 is 2.00 bits per heavy atom. The number of hydrogen-bond donors (Lipinski definition) is 2. The molecule has 1 aromatic carbocycles. The molecular weight excluding hydrogens is 326 g/mol. The van der Waals surface area contributed by atoms with E-state index in [0.29, 0.717) is 12.8 Å². The fraction of sp³-hybridized carbons (Fsp3) is 0.500. The maximum atomic E-state index is 12.2. The zero-order chi connectivity index (χ0) is 17.8. The summed E-state index contributed by atoms with van der Waals surface area (Å²) in [5.74, 6) is -2.20. The summed E-state index contributed by atoms with van der Waals surface area (Å²) in [6.07, 6.45) is 0.287. The lowest BCUT2D eigenvalue weighted by Crippen LogP contribution is -2.57. The van der Waals surface area contributed by atoms with Gasteiger partial charge in [-0.1, -0.05) is 30.3 Å². The van der Waals surface area contributed by atoms with Crippen molar-refractivity contribution >= 4 is 18.0 Å². The number of esters is 1. The van der Waals surface area contributed by atoms with Gasteiger partial charge in [0.2, 0.25) is 0 Å². The van der Waals surface area contributed by atoms with Gasteiger partial charge in [-0.3, -0.25) is 4.79 Å². The summed E-state index contributed by atoms with van der Waals surface area (Å²) >= 11 is 0. The van der Waals surface area contributed by atoms with E-state index in [4.69, 9.17) is 9.47 Å². The molecule has 0 spiro atoms. The number of amides is 1. The summed E-state index contributed by atoms with van der Waals surface area (Å²) in [6, 6.07) is 9.14. The Labute approximate surface area is 144 Å². The molecule has 5 atom stereocenters. The van der Waals surface area contributed by atoms with Gasteiger partial charge in [-0.25, -0.2) is 9.59 Å². The van der Waals surface area contributed by atoms with Crippen molar-refractivity contribution in [2.24, 2.45) is 23.2 Å². The summed E-state index contributed by atoms with van der Waals surface area (Å²) in [7, 11) is 1.31. The summed E-state index contributed by atoms with van der Waals surface area (Å²) < 4.78 is 10.1. The number of carbonyl (C=O) groups is 3. The van der Waals surface area contributed by atoms with E-state index in [9.17, 15) is 19.5 Å². The number of carboxylic acid groups (broad SMARTS) is 1. The van der Waals surface area contributed by atoms with Gasteiger partial charge >= 0.3 is 18.0 Å². The Balaban J connectivity index is 1.50. The van der Waals surface area contributed by atoms with Crippen molar-refractivity contribution in [1.29, 1.82) is 0 Å². The number of methoxy groups -OCH3 is 1. The van der Waals surface area contributed by atoms with Crippen LogP contribution >= 0.6 is 0 Å². The van der Waals surface area contributed by atoms with Crippen molar-refractivity contribution in [3.8, 4) is 0 Å². The lowest BCUT2D eigenvalue weighted by Gasteiger charge is -2.29. The van der Waals surface area contributed by atoms with Crippen LogP contribution in [0.4, 0.5) is 4.79 Å². The van der Waals surface area contributed by atoms with Gasteiger partial charge in [-0.05, 0) is 30.2 Å². The average Bonchev–Trinajstić information content (AvgIpc) is 2.92. The predicted octanol–water partition coefficient (Wildman–Crippen LogP) is 1.57. The van der Waals surface area contributed by atoms with Crippen LogP contribution in [-0.2, 0) is 25.7 Å². The molecule has 2 N–H and O–H groups in total. The molecule has 1 aromatic rings. The van der Waals surface area contributed by atoms with Crippen molar-refractivity contribution in [2.45, 2.75) is 25.0 Å². The lowest BCUT2D eigenvalue weighted by atomic mass is 9.88. The van der Waals surface area contributed by atoms with Gasteiger partial charge < -0.3 is 19.9 Å². The molecule has 4 saturated carbocycles. The van der Waals surface area contributed by atoms with E-state index in [-0.39, 0.29) is 24.4 Å². The van der Waals surface area contributed by atoms with Gasteiger partial charge in [0.25, 0.3) is 0 Å². The number of carboxylic acids is 1. The van der Waals surface area contributed by atoms with Crippen LogP contribution in [0.1, 0.15) is 18.4 Å². The van der Waals surface area contributed by atoms with Crippen LogP contribution in [0, 0.1) is 23.2 Å². The standard InChI is InChI=1S/C18H19NO6/c1-24-15(22)17-8-11-7-12(17)13(17)18(11,14(20)21)19-16(23)25-9-10-5-3-2-4-6-10/h2-6,11-13H,7-9H2,1H3,(H,19,23)(H,20,21)/t11-,12-,13+,17+,18+/m0/s1. The highest BCUT2D eigenvalue weighted by molar-refractivity contribution is 5.94. The van der Waals surface area contributed by atoms with E-state index in [2.05, 4.69) is 5.32 Å². The second kappa shape index (κ2) is 5.21. The van der Waals surface area contributed by atoms with E-state index >= 15 is 0 Å². The summed E-state index contributed by atoms with van der Waals surface area (Å²) in [6.45, 7) is 0.0588. The number of hydrogen-bond acceptors (Lipinski definition) is 5. The number of alkyl carbamates (subject to hydrolysis) is 1. The normalized spacial score (nSPS) is 36.6. The molecule has 1 amide bonds. The molecule has 0 heterocycles. The first-order valence-electron chi connectivity index (χ1n) is 8.27. The largest absolute Gasteiger partial charge is 0.479 e. The van der Waals surface area contributed by atoms with E-state index < -0.39 is 28.9 Å². The quantitative estimate of drug-likeness (QED) is 0.786. The summed E-state index contributed by atoms with van der Waals surface area (Å²) in [4.78, 5) is 36.4. The van der Waals surface area contributed by atoms with Gasteiger partial charge in [0.1, 0.15) is 12.1 Å². The number of rotatable bonds is 5. The number of nitrogens with one attached hydrogen (secondary N) is 1. The Morgan fingerprint density at radius 1 is 1.28 bits per heavy atom. The topological polar surface area (TPSA) is 102 Å². The van der Waals surface area contributed by atoms with Crippen molar-refractivity contribution in [1.82, 2.24) is 5.32 Å². The zero-order valence-corrected chi connectivity index (χ0v) is 13.7. The van der Waals surface area contributed by atoms with Crippen LogP contribution in [0.3, 0.4) is 0 Å². The Hall–Kier alpha value is -2.57. The van der Waals surface area contributed by atoms with Gasteiger partial charge in [-0.15, -0.1) is 0 Å². The molecule has 7 nitrogen and oxygen atoms in total. The first-order chi connectivity index (χ1) is 12.0. The highest BCUT2D eigenvalue weighted by Crippen LogP contribution is 2.82. The van der Waals surface area contributed by atoms with Gasteiger partial charge in [0, 0.05) is 5.92 Å². The number of aliphatic carboxylic acids is 1. The van der Waals surface area contributed by atoms with Crippen molar-refractivity contribution in [3.63, 3.8) is 0 Å². The Bertz CT molecular complexity index is 749. The lowest BCUT2D eigenvalue weighted by molar-refractivity contribution is -0.148. The van der Waals surface area contributed by atoms with Crippen LogP contribution < -0.4 is 5.32 Å². The molecule has 0 aliphatic heterocycles. The number of benzene rings is 1. The smallest absolute Gasteiger partial charge is 0.408 e. The monoisotopic (exact) mass is 345 g/mol. The van der Waals surface area contributed by atoms with Crippen LogP contribution in [-0.4, -0.2) is 35.8 Å². The molecule has 4 aliphatic carbocycles. The second-order valence-electron chi connectivity index (χ2n) is 7.11. The minimum atomic E-state index is -1.44. The average molecular weight is 345 g/mol. The van der Waals surface area contributed by atoms with Gasteiger partial charge in [0.05, 0.1) is 12.5 Å². The molecule has 4 aliphatic rings. The third kappa shape index (κ3) is 1.95. The van der Waals surface area contributed by atoms with Crippen LogP contribution in [0.5, 0.6) is 0 Å². The molecule has 0 radical (unpaired) electrons. The maximum absolute atomic E-state index is 12.2. The summed E-state index contributed by atoms with van der Waals surface area (Å²) in [5, 5.41) is 12.4. The minimum Gasteiger partial charge on any atom is -0.479 e. The molecule has 4 bridgehead atoms. The molecule has 4 fully saturated rings. The minimum absolute atomic E-state index is 0.0320. The fourth-order valence-corrected chi connectivity index (χ4v) is 5.29. The molecule has 0 aromatic heterocycles. The van der Waals surface area contributed by atoms with E-state index in [0.717, 1.165) is 5.56 Å². The van der Waals surface area contributed by atoms with Crippen molar-refractivity contribution in [2.75, 3.05) is 7.11 Å². The fourth-order valence-electron chi connectivity index (χ4n) is 5.29. The first kappa shape index (κ1) is 15.9. The number of ether oxygens (including phenoxy) is 2. The molecule has 132 valence electrons. The molecule has 0 saturated heterocycles. The van der Waals surface area contributed by atoms with E-state index in [1.54, 1.807) is 0 Å². The molecule has 25 heavy (non-hydrogen) atoms. The highest BCUT2D eigenvalue weighted by Gasteiger charge is 2.90. The van der Waals surface area contributed by atoms with Crippen LogP contribution in [0.15, 0.2) is 30.3 Å². The molecule has 5 rings (SSSR count). The predicted molar refractivity (Wildman–Crippen MR) is 84.3 cm³/mol. The molecule has 7 heteroatoms. The van der Waals surface area contributed by atoms with E-state index in [1.807, 2.05) is 30.3 Å². The van der Waals surface area contributed by atoms with Gasteiger partial charge in [-0.2, -0.15) is 0 Å². The summed E-state index contributed by atoms with van der Waals surface area (Å²) in [5.41, 5.74) is -1.37. The first-order valence-corrected chi connectivity index (χ1v) is 8.27. The van der Waals surface area contributed by atoms with Gasteiger partial charge in [0.15, 0.2) is 0 Å². The Morgan fingerprint density at radius 3 is 2.60 bits per heavy atom. The highest BCUT2D eigenvalue weighted by atomic mass is 16.5. The second-order valence-corrected chi connectivity index (χ2v) is 7.11. The van der Waals surface area contributed by atoms with Crippen molar-refractivity contribution < 1.29 is 29.0 Å². The molecular formula is C18H19NO6. The van der Waals surface area contributed by atoms with Crippen LogP contribution in [0.25, 0.3) is 0 Å². The van der Waals surface area contributed by atoms with Crippen LogP contribution in [0.2, 0.25) is 0 Å². The maximum Gasteiger partial charge on any atom is 0.408 e. The van der Waals surface area contributed by atoms with Crippen molar-refractivity contribution in [3.05, 3.63) is 35.9 Å². The zero-order valence-electron chi connectivity index (χ0n) is 13.7. The third-order valence-electron chi connectivity index (χ3n) is 6.21.